The van der Waals surface area contributed by atoms with Gasteiger partial charge in [-0.2, -0.15) is 0 Å². The lowest BCUT2D eigenvalue weighted by molar-refractivity contribution is -0.0659. The molecular formula is C25H26F2N2O3. The van der Waals surface area contributed by atoms with Crippen molar-refractivity contribution in [2.24, 2.45) is 17.8 Å². The molecule has 32 heavy (non-hydrogen) atoms. The average molecular weight is 440 g/mol. The molecule has 7 heteroatoms. The first-order valence-electron chi connectivity index (χ1n) is 11.0. The normalized spacial score (nSPS) is 30.8. The smallest absolute Gasteiger partial charge is 0.407 e. The van der Waals surface area contributed by atoms with Gasteiger partial charge >= 0.3 is 6.09 Å². The summed E-state index contributed by atoms with van der Waals surface area (Å²) >= 11 is 0. The SMILES string of the molecule is COc1ccccc1-c1ccc(/C=C/[C@H]2[C@@H]3CCC(F)(F)C[C@@H]3CC23CNC(=O)O3)nc1. The number of rotatable bonds is 4. The predicted octanol–water partition coefficient (Wildman–Crippen LogP) is 5.32. The summed E-state index contributed by atoms with van der Waals surface area (Å²) in [5, 5.41) is 2.74. The van der Waals surface area contributed by atoms with Gasteiger partial charge in [0.15, 0.2) is 0 Å². The fourth-order valence-corrected chi connectivity index (χ4v) is 5.76. The summed E-state index contributed by atoms with van der Waals surface area (Å²) < 4.78 is 39.2. The van der Waals surface area contributed by atoms with Crippen LogP contribution >= 0.6 is 0 Å². The number of amides is 1. The number of benzene rings is 1. The van der Waals surface area contributed by atoms with Crippen LogP contribution in [0.15, 0.2) is 48.7 Å². The molecule has 0 bridgehead atoms. The van der Waals surface area contributed by atoms with Gasteiger partial charge in [-0.15, -0.1) is 0 Å². The molecule has 1 saturated heterocycles. The zero-order valence-electron chi connectivity index (χ0n) is 17.9. The van der Waals surface area contributed by atoms with E-state index in [9.17, 15) is 13.6 Å². The first-order valence-corrected chi connectivity index (χ1v) is 11.0. The van der Waals surface area contributed by atoms with Gasteiger partial charge in [0, 0.05) is 36.1 Å². The van der Waals surface area contributed by atoms with E-state index in [0.29, 0.717) is 19.4 Å². The minimum atomic E-state index is -2.63. The number of alkyl halides is 2. The summed E-state index contributed by atoms with van der Waals surface area (Å²) in [5.74, 6) is -2.04. The van der Waals surface area contributed by atoms with Crippen LogP contribution in [0, 0.1) is 17.8 Å². The standard InChI is InChI=1S/C25H26F2N2O3/c1-31-22-5-3-2-4-20(22)16-6-7-18(28-14-16)8-9-21-19-10-11-25(26,27)13-17(19)12-24(21)15-29-23(30)32-24/h2-9,14,17,19,21H,10-13,15H2,1H3,(H,29,30)/b9-8+/t17-,19+,21-,24?/m0/s1. The Labute approximate surface area is 185 Å². The van der Waals surface area contributed by atoms with Crippen molar-refractivity contribution >= 4 is 12.2 Å². The van der Waals surface area contributed by atoms with Crippen LogP contribution in [0.3, 0.4) is 0 Å². The first-order chi connectivity index (χ1) is 15.4. The van der Waals surface area contributed by atoms with E-state index in [1.807, 2.05) is 48.6 Å². The number of alkyl carbamates (subject to hydrolysis) is 1. The van der Waals surface area contributed by atoms with Crippen LogP contribution in [-0.2, 0) is 4.74 Å². The number of hydrogen-bond acceptors (Lipinski definition) is 4. The molecule has 1 spiro atoms. The molecule has 1 aliphatic heterocycles. The Morgan fingerprint density at radius 1 is 1.22 bits per heavy atom. The molecule has 1 N–H and O–H groups in total. The van der Waals surface area contributed by atoms with Gasteiger partial charge in [-0.05, 0) is 42.9 Å². The molecule has 1 unspecified atom stereocenters. The molecule has 3 aliphatic rings. The third-order valence-electron chi connectivity index (χ3n) is 7.19. The van der Waals surface area contributed by atoms with E-state index >= 15 is 0 Å². The van der Waals surface area contributed by atoms with Crippen molar-refractivity contribution in [3.05, 3.63) is 54.4 Å². The third-order valence-corrected chi connectivity index (χ3v) is 7.19. The van der Waals surface area contributed by atoms with Crippen molar-refractivity contribution in [2.45, 2.75) is 37.2 Å². The van der Waals surface area contributed by atoms with Crippen LogP contribution in [0.1, 0.15) is 31.4 Å². The first kappa shape index (κ1) is 20.9. The van der Waals surface area contributed by atoms with Crippen molar-refractivity contribution in [3.8, 4) is 16.9 Å². The van der Waals surface area contributed by atoms with E-state index in [0.717, 1.165) is 22.6 Å². The lowest BCUT2D eigenvalue weighted by Crippen LogP contribution is -2.38. The van der Waals surface area contributed by atoms with Gasteiger partial charge in [0.25, 0.3) is 0 Å². The van der Waals surface area contributed by atoms with Crippen LogP contribution < -0.4 is 10.1 Å². The number of nitrogens with zero attached hydrogens (tertiary/aromatic N) is 1. The highest BCUT2D eigenvalue weighted by molar-refractivity contribution is 5.71. The van der Waals surface area contributed by atoms with Crippen LogP contribution in [0.2, 0.25) is 0 Å². The summed E-state index contributed by atoms with van der Waals surface area (Å²) in [6.07, 6.45) is 5.93. The zero-order valence-corrected chi connectivity index (χ0v) is 17.9. The summed E-state index contributed by atoms with van der Waals surface area (Å²) in [7, 11) is 1.64. The van der Waals surface area contributed by atoms with Crippen LogP contribution in [0.5, 0.6) is 5.75 Å². The van der Waals surface area contributed by atoms with E-state index in [1.165, 1.54) is 0 Å². The number of para-hydroxylation sites is 1. The Bertz CT molecular complexity index is 1040. The molecule has 2 aromatic rings. The molecule has 168 valence electrons. The number of carbonyl (C=O) groups is 1. The topological polar surface area (TPSA) is 60.5 Å². The lowest BCUT2D eigenvalue weighted by Gasteiger charge is -2.34. The van der Waals surface area contributed by atoms with Gasteiger partial charge in [0.2, 0.25) is 5.92 Å². The second-order valence-electron chi connectivity index (χ2n) is 9.09. The molecule has 2 aliphatic carbocycles. The molecule has 4 atom stereocenters. The van der Waals surface area contributed by atoms with Crippen molar-refractivity contribution < 1.29 is 23.0 Å². The maximum Gasteiger partial charge on any atom is 0.407 e. The number of ether oxygens (including phenoxy) is 2. The molecule has 2 saturated carbocycles. The quantitative estimate of drug-likeness (QED) is 0.699. The van der Waals surface area contributed by atoms with Crippen molar-refractivity contribution in [1.82, 2.24) is 10.3 Å². The number of fused-ring (bicyclic) bond motifs is 1. The Kier molecular flexibility index (Phi) is 5.14. The average Bonchev–Trinajstić information content (AvgIpc) is 3.29. The third kappa shape index (κ3) is 3.74. The summed E-state index contributed by atoms with van der Waals surface area (Å²) in [6, 6.07) is 11.7. The van der Waals surface area contributed by atoms with Gasteiger partial charge in [0.05, 0.1) is 19.3 Å². The Morgan fingerprint density at radius 2 is 2.06 bits per heavy atom. The lowest BCUT2D eigenvalue weighted by atomic mass is 9.75. The van der Waals surface area contributed by atoms with Gasteiger partial charge in [-0.3, -0.25) is 4.98 Å². The largest absolute Gasteiger partial charge is 0.496 e. The van der Waals surface area contributed by atoms with Gasteiger partial charge < -0.3 is 14.8 Å². The minimum absolute atomic E-state index is 0.0754. The summed E-state index contributed by atoms with van der Waals surface area (Å²) in [4.78, 5) is 16.4. The number of nitrogens with one attached hydrogen (secondary N) is 1. The minimum Gasteiger partial charge on any atom is -0.496 e. The molecule has 5 nitrogen and oxygen atoms in total. The number of methoxy groups -OCH3 is 1. The number of halogens is 2. The maximum absolute atomic E-state index is 14.0. The van der Waals surface area contributed by atoms with Gasteiger partial charge in [-0.25, -0.2) is 13.6 Å². The summed E-state index contributed by atoms with van der Waals surface area (Å²) in [5.41, 5.74) is 1.92. The monoisotopic (exact) mass is 440 g/mol. The highest BCUT2D eigenvalue weighted by Gasteiger charge is 2.60. The van der Waals surface area contributed by atoms with E-state index in [2.05, 4.69) is 10.3 Å². The van der Waals surface area contributed by atoms with Crippen LogP contribution in [0.4, 0.5) is 13.6 Å². The van der Waals surface area contributed by atoms with E-state index in [-0.39, 0.29) is 30.6 Å². The molecule has 3 fully saturated rings. The van der Waals surface area contributed by atoms with Crippen molar-refractivity contribution in [3.63, 3.8) is 0 Å². The second-order valence-corrected chi connectivity index (χ2v) is 9.09. The summed E-state index contributed by atoms with van der Waals surface area (Å²) in [6.45, 7) is 0.361. The Balaban J connectivity index is 1.39. The molecule has 2 heterocycles. The number of pyridine rings is 1. The Morgan fingerprint density at radius 3 is 2.78 bits per heavy atom. The van der Waals surface area contributed by atoms with E-state index in [1.54, 1.807) is 13.3 Å². The molecule has 1 aromatic heterocycles. The number of hydrogen-bond donors (Lipinski definition) is 1. The number of aromatic nitrogens is 1. The highest BCUT2D eigenvalue weighted by Crippen LogP contribution is 2.56. The number of carbonyl (C=O) groups excluding carboxylic acids is 1. The Hall–Kier alpha value is -2.96. The van der Waals surface area contributed by atoms with E-state index in [4.69, 9.17) is 9.47 Å². The zero-order chi connectivity index (χ0) is 22.3. The fraction of sp³-hybridized carbons (Fsp3) is 0.440. The molecule has 1 amide bonds. The van der Waals surface area contributed by atoms with Crippen LogP contribution in [-0.4, -0.2) is 36.3 Å². The maximum atomic E-state index is 14.0. The van der Waals surface area contributed by atoms with Gasteiger partial charge in [0.1, 0.15) is 11.4 Å². The fourth-order valence-electron chi connectivity index (χ4n) is 5.76. The molecule has 5 rings (SSSR count). The van der Waals surface area contributed by atoms with Crippen molar-refractivity contribution in [1.29, 1.82) is 0 Å². The van der Waals surface area contributed by atoms with Crippen LogP contribution in [0.25, 0.3) is 17.2 Å². The highest BCUT2D eigenvalue weighted by atomic mass is 19.3. The molecule has 1 aromatic carbocycles. The molecular weight excluding hydrogens is 414 g/mol. The van der Waals surface area contributed by atoms with E-state index < -0.39 is 17.6 Å². The predicted molar refractivity (Wildman–Crippen MR) is 116 cm³/mol. The van der Waals surface area contributed by atoms with Gasteiger partial charge in [-0.1, -0.05) is 30.3 Å². The second kappa shape index (κ2) is 7.87. The van der Waals surface area contributed by atoms with Crippen molar-refractivity contribution in [2.75, 3.05) is 13.7 Å². The molecule has 0 radical (unpaired) electrons.